The number of carbonyl (C=O) groups is 1. The molecule has 3 rings (SSSR count). The van der Waals surface area contributed by atoms with Gasteiger partial charge in [0.1, 0.15) is 12.4 Å². The summed E-state index contributed by atoms with van der Waals surface area (Å²) in [7, 11) is 0. The van der Waals surface area contributed by atoms with E-state index < -0.39 is 0 Å². The minimum atomic E-state index is -0.337. The fourth-order valence-corrected chi connectivity index (χ4v) is 3.01. The van der Waals surface area contributed by atoms with Gasteiger partial charge in [0.15, 0.2) is 6.61 Å². The molecule has 1 aliphatic carbocycles. The topological polar surface area (TPSA) is 35.5 Å². The van der Waals surface area contributed by atoms with E-state index in [0.717, 1.165) is 24.2 Å². The average Bonchev–Trinajstić information content (AvgIpc) is 2.58. The Labute approximate surface area is 137 Å². The summed E-state index contributed by atoms with van der Waals surface area (Å²) in [4.78, 5) is 11.9. The summed E-state index contributed by atoms with van der Waals surface area (Å²) < 4.78 is 11.0. The van der Waals surface area contributed by atoms with Crippen molar-refractivity contribution in [1.82, 2.24) is 0 Å². The summed E-state index contributed by atoms with van der Waals surface area (Å²) in [5.41, 5.74) is 3.58. The molecule has 2 aromatic rings. The fourth-order valence-electron chi connectivity index (χ4n) is 3.01. The molecule has 2 aromatic carbocycles. The van der Waals surface area contributed by atoms with E-state index in [9.17, 15) is 4.79 Å². The van der Waals surface area contributed by atoms with Crippen LogP contribution < -0.4 is 4.74 Å². The molecule has 0 spiro atoms. The lowest BCUT2D eigenvalue weighted by atomic mass is 9.84. The predicted octanol–water partition coefficient (Wildman–Crippen LogP) is 3.93. The van der Waals surface area contributed by atoms with E-state index in [2.05, 4.69) is 13.0 Å². The zero-order valence-electron chi connectivity index (χ0n) is 13.5. The lowest BCUT2D eigenvalue weighted by Crippen LogP contribution is -2.17. The molecule has 0 bridgehead atoms. The molecule has 23 heavy (non-hydrogen) atoms. The van der Waals surface area contributed by atoms with Gasteiger partial charge in [-0.2, -0.15) is 0 Å². The standard InChI is InChI=1S/C20H22O3/c1-15-10-11-18-17(12-15)8-5-9-19(18)22-14-20(21)23-13-16-6-3-2-4-7-16/h2-9,15H,10-14H2,1H3/t15-/m1/s1. The van der Waals surface area contributed by atoms with Crippen molar-refractivity contribution in [2.45, 2.75) is 32.8 Å². The fraction of sp³-hybridized carbons (Fsp3) is 0.350. The van der Waals surface area contributed by atoms with Crippen molar-refractivity contribution in [2.24, 2.45) is 5.92 Å². The number of hydrogen-bond acceptors (Lipinski definition) is 3. The molecule has 0 unspecified atom stereocenters. The Kier molecular flexibility index (Phi) is 4.96. The van der Waals surface area contributed by atoms with Crippen LogP contribution in [0.15, 0.2) is 48.5 Å². The summed E-state index contributed by atoms with van der Waals surface area (Å²) in [5.74, 6) is 1.20. The Morgan fingerprint density at radius 1 is 1.13 bits per heavy atom. The number of hydrogen-bond donors (Lipinski definition) is 0. The summed E-state index contributed by atoms with van der Waals surface area (Å²) in [6.07, 6.45) is 3.28. The van der Waals surface area contributed by atoms with Crippen LogP contribution in [0.2, 0.25) is 0 Å². The summed E-state index contributed by atoms with van der Waals surface area (Å²) in [6, 6.07) is 15.8. The second-order valence-electron chi connectivity index (χ2n) is 6.18. The molecule has 3 nitrogen and oxygen atoms in total. The van der Waals surface area contributed by atoms with Gasteiger partial charge in [0.05, 0.1) is 0 Å². The van der Waals surface area contributed by atoms with Crippen molar-refractivity contribution >= 4 is 5.97 Å². The molecule has 1 atom stereocenters. The van der Waals surface area contributed by atoms with Crippen molar-refractivity contribution in [3.05, 3.63) is 65.2 Å². The van der Waals surface area contributed by atoms with Crippen molar-refractivity contribution in [3.63, 3.8) is 0 Å². The molecular weight excluding hydrogens is 288 g/mol. The van der Waals surface area contributed by atoms with Gasteiger partial charge in [-0.3, -0.25) is 0 Å². The van der Waals surface area contributed by atoms with Gasteiger partial charge in [0, 0.05) is 0 Å². The van der Waals surface area contributed by atoms with Gasteiger partial charge >= 0.3 is 5.97 Å². The van der Waals surface area contributed by atoms with Crippen LogP contribution in [0, 0.1) is 5.92 Å². The quantitative estimate of drug-likeness (QED) is 0.785. The minimum absolute atomic E-state index is 0.0428. The van der Waals surface area contributed by atoms with E-state index in [1.807, 2.05) is 42.5 Å². The van der Waals surface area contributed by atoms with E-state index in [-0.39, 0.29) is 19.2 Å². The highest BCUT2D eigenvalue weighted by Crippen LogP contribution is 2.31. The van der Waals surface area contributed by atoms with Crippen LogP contribution in [0.4, 0.5) is 0 Å². The van der Waals surface area contributed by atoms with Gasteiger partial charge in [-0.15, -0.1) is 0 Å². The highest BCUT2D eigenvalue weighted by atomic mass is 16.6. The second-order valence-corrected chi connectivity index (χ2v) is 6.18. The van der Waals surface area contributed by atoms with Gasteiger partial charge in [-0.1, -0.05) is 49.4 Å². The number of esters is 1. The van der Waals surface area contributed by atoms with Crippen LogP contribution in [0.5, 0.6) is 5.75 Å². The summed E-state index contributed by atoms with van der Waals surface area (Å²) in [5, 5.41) is 0. The highest BCUT2D eigenvalue weighted by molar-refractivity contribution is 5.71. The smallest absolute Gasteiger partial charge is 0.344 e. The van der Waals surface area contributed by atoms with Gasteiger partial charge in [-0.05, 0) is 47.9 Å². The summed E-state index contributed by atoms with van der Waals surface area (Å²) >= 11 is 0. The van der Waals surface area contributed by atoms with E-state index in [1.165, 1.54) is 17.5 Å². The molecule has 0 aliphatic heterocycles. The average molecular weight is 310 g/mol. The first-order valence-electron chi connectivity index (χ1n) is 8.15. The lowest BCUT2D eigenvalue weighted by Gasteiger charge is -2.23. The normalized spacial score (nSPS) is 16.5. The SMILES string of the molecule is C[C@@H]1CCc2c(cccc2OCC(=O)OCc2ccccc2)C1. The number of fused-ring (bicyclic) bond motifs is 1. The van der Waals surface area contributed by atoms with Crippen molar-refractivity contribution in [3.8, 4) is 5.75 Å². The number of ether oxygens (including phenoxy) is 2. The molecule has 0 saturated heterocycles. The number of carbonyl (C=O) groups excluding carboxylic acids is 1. The predicted molar refractivity (Wildman–Crippen MR) is 89.4 cm³/mol. The zero-order chi connectivity index (χ0) is 16.1. The molecule has 0 heterocycles. The van der Waals surface area contributed by atoms with Crippen molar-refractivity contribution < 1.29 is 14.3 Å². The maximum atomic E-state index is 11.9. The molecule has 0 radical (unpaired) electrons. The van der Waals surface area contributed by atoms with Crippen LogP contribution >= 0.6 is 0 Å². The van der Waals surface area contributed by atoms with E-state index in [1.54, 1.807) is 0 Å². The van der Waals surface area contributed by atoms with E-state index in [4.69, 9.17) is 9.47 Å². The van der Waals surface area contributed by atoms with Gasteiger partial charge in [-0.25, -0.2) is 4.79 Å². The Morgan fingerprint density at radius 3 is 2.78 bits per heavy atom. The molecule has 0 fully saturated rings. The molecule has 0 saturated carbocycles. The third-order valence-electron chi connectivity index (χ3n) is 4.27. The maximum absolute atomic E-state index is 11.9. The molecule has 120 valence electrons. The first-order chi connectivity index (χ1) is 11.2. The molecule has 3 heteroatoms. The van der Waals surface area contributed by atoms with Crippen LogP contribution in [0.25, 0.3) is 0 Å². The molecular formula is C20H22O3. The van der Waals surface area contributed by atoms with Crippen LogP contribution in [0.3, 0.4) is 0 Å². The Morgan fingerprint density at radius 2 is 1.96 bits per heavy atom. The Hall–Kier alpha value is -2.29. The highest BCUT2D eigenvalue weighted by Gasteiger charge is 2.19. The largest absolute Gasteiger partial charge is 0.482 e. The Bertz CT molecular complexity index is 664. The monoisotopic (exact) mass is 310 g/mol. The third-order valence-corrected chi connectivity index (χ3v) is 4.27. The summed E-state index contributed by atoms with van der Waals surface area (Å²) in [6.45, 7) is 2.52. The Balaban J connectivity index is 1.54. The van der Waals surface area contributed by atoms with E-state index in [0.29, 0.717) is 5.92 Å². The van der Waals surface area contributed by atoms with Gasteiger partial charge in [0.25, 0.3) is 0 Å². The van der Waals surface area contributed by atoms with Gasteiger partial charge in [0.2, 0.25) is 0 Å². The maximum Gasteiger partial charge on any atom is 0.344 e. The lowest BCUT2D eigenvalue weighted by molar-refractivity contribution is -0.147. The zero-order valence-corrected chi connectivity index (χ0v) is 13.5. The third kappa shape index (κ3) is 4.13. The van der Waals surface area contributed by atoms with E-state index >= 15 is 0 Å². The number of benzene rings is 2. The number of rotatable bonds is 5. The first kappa shape index (κ1) is 15.6. The minimum Gasteiger partial charge on any atom is -0.482 e. The van der Waals surface area contributed by atoms with Crippen molar-refractivity contribution in [1.29, 1.82) is 0 Å². The van der Waals surface area contributed by atoms with Crippen LogP contribution in [-0.4, -0.2) is 12.6 Å². The molecule has 0 aromatic heterocycles. The van der Waals surface area contributed by atoms with Crippen LogP contribution in [0.1, 0.15) is 30.0 Å². The van der Waals surface area contributed by atoms with Crippen molar-refractivity contribution in [2.75, 3.05) is 6.61 Å². The van der Waals surface area contributed by atoms with Gasteiger partial charge < -0.3 is 9.47 Å². The second kappa shape index (κ2) is 7.32. The molecule has 0 amide bonds. The molecule has 1 aliphatic rings. The van der Waals surface area contributed by atoms with Crippen LogP contribution in [-0.2, 0) is 29.0 Å². The first-order valence-corrected chi connectivity index (χ1v) is 8.15. The molecule has 0 N–H and O–H groups in total.